The zero-order valence-corrected chi connectivity index (χ0v) is 27.7. The van der Waals surface area contributed by atoms with Crippen LogP contribution in [0.1, 0.15) is 50.7 Å². The number of aromatic carboxylic acids is 1. The number of carbonyl (C=O) groups excluding carboxylic acids is 4. The molecular weight excluding hydrogens is 713 g/mol. The zero-order chi connectivity index (χ0) is 37.4. The average molecular weight is 743 g/mol. The third-order valence-electron chi connectivity index (χ3n) is 9.17. The fourth-order valence-electron chi connectivity index (χ4n) is 6.48. The summed E-state index contributed by atoms with van der Waals surface area (Å²) in [6.45, 7) is 0.715. The molecule has 2 fully saturated rings. The molecule has 4 heterocycles. The summed E-state index contributed by atoms with van der Waals surface area (Å²) in [7, 11) is -1.92. The Hall–Kier alpha value is -5.69. The van der Waals surface area contributed by atoms with Gasteiger partial charge in [-0.05, 0) is 49.1 Å². The second-order valence-electron chi connectivity index (χ2n) is 12.3. The fraction of sp³-hybridized carbons (Fsp3) is 0.312. The van der Waals surface area contributed by atoms with Crippen molar-refractivity contribution in [3.63, 3.8) is 0 Å². The molecule has 2 saturated heterocycles. The number of hydrogen-bond donors (Lipinski definition) is 6. The van der Waals surface area contributed by atoms with E-state index in [9.17, 15) is 53.1 Å². The van der Waals surface area contributed by atoms with Gasteiger partial charge in [0.2, 0.25) is 5.91 Å². The molecule has 52 heavy (non-hydrogen) atoms. The highest BCUT2D eigenvalue weighted by Gasteiger charge is 2.43. The maximum atomic E-state index is 14.6. The van der Waals surface area contributed by atoms with Gasteiger partial charge in [-0.3, -0.25) is 14.6 Å². The Morgan fingerprint density at radius 2 is 1.77 bits per heavy atom. The number of carbonyl (C=O) groups is 5. The molecule has 3 aromatic rings. The van der Waals surface area contributed by atoms with Crippen LogP contribution in [0.15, 0.2) is 42.7 Å². The lowest BCUT2D eigenvalue weighted by molar-refractivity contribution is -0.123. The highest BCUT2D eigenvalue weighted by Crippen LogP contribution is 2.41. The number of pyridine rings is 1. The van der Waals surface area contributed by atoms with Crippen LogP contribution in [0.2, 0.25) is 5.02 Å². The normalized spacial score (nSPS) is 18.1. The summed E-state index contributed by atoms with van der Waals surface area (Å²) < 4.78 is 34.1. The molecule has 6 amide bonds. The number of halogens is 3. The molecule has 0 radical (unpaired) electrons. The van der Waals surface area contributed by atoms with Crippen LogP contribution in [0.4, 0.5) is 18.4 Å². The van der Waals surface area contributed by atoms with E-state index in [2.05, 4.69) is 15.6 Å². The van der Waals surface area contributed by atoms with Crippen LogP contribution in [0.25, 0.3) is 0 Å². The number of imide groups is 1. The molecular formula is C32H30BClF2N6O10. The number of benzene rings is 2. The number of fused-ring (bicyclic) bond motifs is 1. The Morgan fingerprint density at radius 1 is 1.04 bits per heavy atom. The van der Waals surface area contributed by atoms with E-state index in [-0.39, 0.29) is 37.0 Å². The summed E-state index contributed by atoms with van der Waals surface area (Å²) in [6, 6.07) is 1.90. The Kier molecular flexibility index (Phi) is 10.1. The number of carboxylic acid groups (broad SMARTS) is 1. The van der Waals surface area contributed by atoms with Gasteiger partial charge in [-0.2, -0.15) is 0 Å². The van der Waals surface area contributed by atoms with E-state index in [0.717, 1.165) is 11.0 Å². The van der Waals surface area contributed by atoms with Gasteiger partial charge in [0.25, 0.3) is 5.91 Å². The predicted octanol–water partition coefficient (Wildman–Crippen LogP) is 2.06. The number of carboxylic acids is 1. The maximum Gasteiger partial charge on any atom is 0.547 e. The summed E-state index contributed by atoms with van der Waals surface area (Å²) in [5, 5.41) is 44.2. The molecule has 20 heteroatoms. The first-order valence-corrected chi connectivity index (χ1v) is 16.3. The minimum Gasteiger partial charge on any atom is -0.534 e. The second kappa shape index (κ2) is 14.5. The lowest BCUT2D eigenvalue weighted by atomic mass is 9.72. The average Bonchev–Trinajstić information content (AvgIpc) is 3.52. The molecule has 16 nitrogen and oxygen atoms in total. The van der Waals surface area contributed by atoms with Gasteiger partial charge in [-0.15, -0.1) is 0 Å². The van der Waals surface area contributed by atoms with Crippen molar-refractivity contribution < 1.29 is 57.8 Å². The maximum absolute atomic E-state index is 14.6. The number of rotatable bonds is 7. The second-order valence-corrected chi connectivity index (χ2v) is 12.7. The molecule has 3 aliphatic rings. The predicted molar refractivity (Wildman–Crippen MR) is 176 cm³/mol. The molecule has 2 atom stereocenters. The monoisotopic (exact) mass is 742 g/mol. The quantitative estimate of drug-likeness (QED) is 0.152. The molecule has 3 aliphatic heterocycles. The number of phenols is 2. The van der Waals surface area contributed by atoms with Gasteiger partial charge in [-0.1, -0.05) is 17.7 Å². The molecule has 0 bridgehead atoms. The fourth-order valence-corrected chi connectivity index (χ4v) is 6.73. The van der Waals surface area contributed by atoms with Crippen molar-refractivity contribution in [1.82, 2.24) is 30.3 Å². The van der Waals surface area contributed by atoms with Crippen molar-refractivity contribution in [2.24, 2.45) is 0 Å². The van der Waals surface area contributed by atoms with E-state index in [1.54, 1.807) is 23.2 Å². The smallest absolute Gasteiger partial charge is 0.534 e. The number of aromatic hydroxyl groups is 2. The van der Waals surface area contributed by atoms with Crippen LogP contribution >= 0.6 is 11.6 Å². The van der Waals surface area contributed by atoms with E-state index < -0.39 is 88.1 Å². The summed E-state index contributed by atoms with van der Waals surface area (Å²) >= 11 is 6.19. The van der Waals surface area contributed by atoms with Gasteiger partial charge >= 0.3 is 25.1 Å². The van der Waals surface area contributed by atoms with Crippen molar-refractivity contribution in [3.8, 4) is 17.2 Å². The van der Waals surface area contributed by atoms with E-state index in [1.807, 2.05) is 0 Å². The van der Waals surface area contributed by atoms with Crippen molar-refractivity contribution in [1.29, 1.82) is 0 Å². The van der Waals surface area contributed by atoms with Crippen molar-refractivity contribution in [2.45, 2.75) is 37.3 Å². The van der Waals surface area contributed by atoms with E-state index in [1.165, 1.54) is 17.2 Å². The molecule has 272 valence electrons. The molecule has 2 aromatic carbocycles. The molecule has 2 unspecified atom stereocenters. The first-order chi connectivity index (χ1) is 24.8. The summed E-state index contributed by atoms with van der Waals surface area (Å²) in [6.07, 6.45) is 3.59. The largest absolute Gasteiger partial charge is 0.547 e. The van der Waals surface area contributed by atoms with Crippen LogP contribution in [0.5, 0.6) is 17.2 Å². The van der Waals surface area contributed by atoms with Crippen LogP contribution in [-0.4, -0.2) is 115 Å². The standard InChI is InChI=1S/C32H30BClF2N6O10/c34-23-18(13-20(36)25(43)26(23)44)24(28(45)38-21-12-15-3-4-19(35)22(30(47)48)27(15)52-33(21)51)39-31(49)42-11-10-41(32(42)50)17-5-8-40(9-6-17)29(46)16-2-1-7-37-14-16/h1-4,7,13-14,17,21,24,43-44,51H,5-6,8-12H2,(H,38,45)(H,39,49)(H,47,48). The van der Waals surface area contributed by atoms with Gasteiger partial charge in [0, 0.05) is 50.2 Å². The molecule has 1 aromatic heterocycles. The highest BCUT2D eigenvalue weighted by atomic mass is 35.5. The Morgan fingerprint density at radius 3 is 2.44 bits per heavy atom. The van der Waals surface area contributed by atoms with Gasteiger partial charge < -0.3 is 45.4 Å². The Labute approximate surface area is 298 Å². The number of urea groups is 2. The number of piperidine rings is 1. The number of aromatic nitrogens is 1. The molecule has 6 N–H and O–H groups in total. The third kappa shape index (κ3) is 6.83. The third-order valence-corrected chi connectivity index (χ3v) is 9.57. The first kappa shape index (κ1) is 36.1. The number of nitrogens with zero attached hydrogens (tertiary/aromatic N) is 4. The zero-order valence-electron chi connectivity index (χ0n) is 27.0. The van der Waals surface area contributed by atoms with Crippen molar-refractivity contribution >= 4 is 48.6 Å². The topological polar surface area (TPSA) is 222 Å². The van der Waals surface area contributed by atoms with Crippen molar-refractivity contribution in [2.75, 3.05) is 26.2 Å². The minimum absolute atomic E-state index is 0.106. The molecule has 0 spiro atoms. The lowest BCUT2D eigenvalue weighted by Crippen LogP contribution is -2.56. The first-order valence-electron chi connectivity index (χ1n) is 15.9. The van der Waals surface area contributed by atoms with E-state index in [4.69, 9.17) is 16.3 Å². The number of phenolic OH excluding ortho intramolecular Hbond substituents is 2. The number of hydrogen-bond acceptors (Lipinski definition) is 10. The molecule has 6 rings (SSSR count). The van der Waals surface area contributed by atoms with Gasteiger partial charge in [0.1, 0.15) is 23.2 Å². The van der Waals surface area contributed by atoms with Crippen LogP contribution in [0, 0.1) is 11.6 Å². The minimum atomic E-state index is -1.94. The van der Waals surface area contributed by atoms with Crippen LogP contribution in [0.3, 0.4) is 0 Å². The van der Waals surface area contributed by atoms with Gasteiger partial charge in [-0.25, -0.2) is 28.1 Å². The van der Waals surface area contributed by atoms with Gasteiger partial charge in [0.15, 0.2) is 17.3 Å². The number of nitrogens with one attached hydrogen (secondary N) is 2. The van der Waals surface area contributed by atoms with Crippen molar-refractivity contribution in [3.05, 3.63) is 81.6 Å². The van der Waals surface area contributed by atoms with Gasteiger partial charge in [0.05, 0.1) is 16.5 Å². The van der Waals surface area contributed by atoms with Crippen LogP contribution < -0.4 is 15.3 Å². The molecule has 0 aliphatic carbocycles. The van der Waals surface area contributed by atoms with E-state index >= 15 is 0 Å². The Bertz CT molecular complexity index is 1950. The molecule has 0 saturated carbocycles. The summed E-state index contributed by atoms with van der Waals surface area (Å²) in [5.41, 5.74) is -0.825. The van der Waals surface area contributed by atoms with Crippen LogP contribution in [-0.2, 0) is 11.2 Å². The number of amides is 6. The van der Waals surface area contributed by atoms with E-state index in [0.29, 0.717) is 37.6 Å². The number of likely N-dealkylation sites (tertiary alicyclic amines) is 1. The highest BCUT2D eigenvalue weighted by molar-refractivity contribution is 6.47. The summed E-state index contributed by atoms with van der Waals surface area (Å²) in [5.74, 6) is -9.69. The summed E-state index contributed by atoms with van der Waals surface area (Å²) in [4.78, 5) is 73.2. The Balaban J connectivity index is 1.18. The lowest BCUT2D eigenvalue weighted by Gasteiger charge is -2.36. The SMILES string of the molecule is O=C(O)c1c(F)ccc2c1OB(O)C(NC(=O)C(NC(=O)N1CCN(C3CCN(C(=O)c4cccnc4)CC3)C1=O)c1cc(F)c(O)c(O)c1Cl)C2.